The molecule has 1 aliphatic heterocycles. The van der Waals surface area contributed by atoms with E-state index in [1.54, 1.807) is 0 Å². The van der Waals surface area contributed by atoms with Crippen molar-refractivity contribution < 1.29 is 4.79 Å². The van der Waals surface area contributed by atoms with E-state index in [4.69, 9.17) is 0 Å². The van der Waals surface area contributed by atoms with Crippen molar-refractivity contribution in [2.75, 3.05) is 26.2 Å². The first-order chi connectivity index (χ1) is 16.4. The van der Waals surface area contributed by atoms with Gasteiger partial charge in [0, 0.05) is 19.5 Å². The Morgan fingerprint density at radius 2 is 1.71 bits per heavy atom. The van der Waals surface area contributed by atoms with Gasteiger partial charge in [-0.2, -0.15) is 10.2 Å². The SMILES string of the molecule is Cc1ccc(-n2nc3c(=O)n(CCCC(=O)NCCCN4CCCCC4)nc(C)c3c2C)cc1. The first-order valence-electron chi connectivity index (χ1n) is 12.5. The van der Waals surface area contributed by atoms with E-state index in [9.17, 15) is 9.59 Å². The Kier molecular flexibility index (Phi) is 7.77. The van der Waals surface area contributed by atoms with Crippen LogP contribution in [0.5, 0.6) is 0 Å². The van der Waals surface area contributed by atoms with Gasteiger partial charge in [-0.05, 0) is 78.2 Å². The lowest BCUT2D eigenvalue weighted by molar-refractivity contribution is -0.121. The Morgan fingerprint density at radius 3 is 2.44 bits per heavy atom. The molecule has 1 saturated heterocycles. The highest BCUT2D eigenvalue weighted by atomic mass is 16.1. The van der Waals surface area contributed by atoms with Crippen molar-refractivity contribution in [1.29, 1.82) is 0 Å². The van der Waals surface area contributed by atoms with Crippen LogP contribution in [0.2, 0.25) is 0 Å². The molecule has 1 fully saturated rings. The Morgan fingerprint density at radius 1 is 0.971 bits per heavy atom. The standard InChI is InChI=1S/C26H36N6O2/c1-19-10-12-22(13-11-19)32-21(3)24-20(2)28-31(26(34)25(24)29-32)18-7-9-23(33)27-14-8-17-30-15-5-4-6-16-30/h10-13H,4-9,14-18H2,1-3H3,(H,27,33). The van der Waals surface area contributed by atoms with Gasteiger partial charge < -0.3 is 10.2 Å². The van der Waals surface area contributed by atoms with Crippen LogP contribution in [0.15, 0.2) is 29.1 Å². The largest absolute Gasteiger partial charge is 0.356 e. The van der Waals surface area contributed by atoms with E-state index in [-0.39, 0.29) is 11.5 Å². The molecular formula is C26H36N6O2. The molecule has 1 aliphatic rings. The van der Waals surface area contributed by atoms with Gasteiger partial charge in [-0.3, -0.25) is 9.59 Å². The molecule has 0 aliphatic carbocycles. The lowest BCUT2D eigenvalue weighted by atomic mass is 10.1. The zero-order valence-electron chi connectivity index (χ0n) is 20.6. The van der Waals surface area contributed by atoms with E-state index >= 15 is 0 Å². The minimum atomic E-state index is -0.212. The quantitative estimate of drug-likeness (QED) is 0.491. The van der Waals surface area contributed by atoms with Crippen LogP contribution in [-0.2, 0) is 11.3 Å². The fraction of sp³-hybridized carbons (Fsp3) is 0.538. The van der Waals surface area contributed by atoms with Crippen molar-refractivity contribution in [2.45, 2.75) is 65.8 Å². The Bertz CT molecular complexity index is 1190. The molecule has 0 spiro atoms. The van der Waals surface area contributed by atoms with Crippen LogP contribution in [-0.4, -0.2) is 56.5 Å². The number of likely N-dealkylation sites (tertiary alicyclic amines) is 1. The third-order valence-electron chi connectivity index (χ3n) is 6.66. The van der Waals surface area contributed by atoms with E-state index in [1.165, 1.54) is 42.6 Å². The summed E-state index contributed by atoms with van der Waals surface area (Å²) in [6, 6.07) is 8.06. The Labute approximate surface area is 200 Å². The first-order valence-corrected chi connectivity index (χ1v) is 12.5. The van der Waals surface area contributed by atoms with Gasteiger partial charge >= 0.3 is 0 Å². The Hall–Kier alpha value is -3.00. The monoisotopic (exact) mass is 464 g/mol. The average Bonchev–Trinajstić information content (AvgIpc) is 3.19. The highest BCUT2D eigenvalue weighted by Crippen LogP contribution is 2.21. The predicted octanol–water partition coefficient (Wildman–Crippen LogP) is 3.28. The first kappa shape index (κ1) is 24.1. The van der Waals surface area contributed by atoms with Crippen LogP contribution in [0.3, 0.4) is 0 Å². The van der Waals surface area contributed by atoms with Crippen molar-refractivity contribution >= 4 is 16.8 Å². The summed E-state index contributed by atoms with van der Waals surface area (Å²) >= 11 is 0. The van der Waals surface area contributed by atoms with Gasteiger partial charge in [0.15, 0.2) is 5.52 Å². The Balaban J connectivity index is 1.34. The summed E-state index contributed by atoms with van der Waals surface area (Å²) < 4.78 is 3.26. The van der Waals surface area contributed by atoms with Gasteiger partial charge in [0.25, 0.3) is 5.56 Å². The lowest BCUT2D eigenvalue weighted by Gasteiger charge is -2.26. The molecule has 8 heteroatoms. The third kappa shape index (κ3) is 5.55. The molecule has 4 rings (SSSR count). The maximum atomic E-state index is 13.1. The second-order valence-corrected chi connectivity index (χ2v) is 9.38. The van der Waals surface area contributed by atoms with Crippen LogP contribution in [0.1, 0.15) is 55.5 Å². The van der Waals surface area contributed by atoms with Crippen molar-refractivity contribution in [1.82, 2.24) is 29.8 Å². The third-order valence-corrected chi connectivity index (χ3v) is 6.66. The normalized spacial score (nSPS) is 14.6. The topological polar surface area (TPSA) is 85.0 Å². The minimum Gasteiger partial charge on any atom is -0.356 e. The van der Waals surface area contributed by atoms with Crippen LogP contribution < -0.4 is 10.9 Å². The van der Waals surface area contributed by atoms with Crippen LogP contribution in [0.25, 0.3) is 16.6 Å². The van der Waals surface area contributed by atoms with Gasteiger partial charge in [0.05, 0.1) is 22.5 Å². The van der Waals surface area contributed by atoms with Crippen LogP contribution >= 0.6 is 0 Å². The number of hydrogen-bond donors (Lipinski definition) is 1. The number of hydrogen-bond acceptors (Lipinski definition) is 5. The summed E-state index contributed by atoms with van der Waals surface area (Å²) in [6.07, 6.45) is 5.84. The number of carbonyl (C=O) groups is 1. The van der Waals surface area contributed by atoms with Gasteiger partial charge in [-0.15, -0.1) is 0 Å². The fourth-order valence-electron chi connectivity index (χ4n) is 4.76. The van der Waals surface area contributed by atoms with Crippen LogP contribution in [0, 0.1) is 20.8 Å². The molecule has 2 aromatic heterocycles. The molecule has 8 nitrogen and oxygen atoms in total. The van der Waals surface area contributed by atoms with Crippen molar-refractivity contribution in [2.24, 2.45) is 0 Å². The molecule has 3 heterocycles. The van der Waals surface area contributed by atoms with Gasteiger partial charge in [0.2, 0.25) is 5.91 Å². The molecule has 0 unspecified atom stereocenters. The molecule has 1 N–H and O–H groups in total. The summed E-state index contributed by atoms with van der Waals surface area (Å²) in [4.78, 5) is 27.8. The average molecular weight is 465 g/mol. The predicted molar refractivity (Wildman–Crippen MR) is 134 cm³/mol. The number of fused-ring (bicyclic) bond motifs is 1. The van der Waals surface area contributed by atoms with Gasteiger partial charge in [-0.1, -0.05) is 24.1 Å². The summed E-state index contributed by atoms with van der Waals surface area (Å²) in [5.74, 6) is 0.0315. The number of nitrogens with zero attached hydrogens (tertiary/aromatic N) is 5. The molecule has 182 valence electrons. The molecule has 0 saturated carbocycles. The highest BCUT2D eigenvalue weighted by molar-refractivity contribution is 5.83. The number of carbonyl (C=O) groups excluding carboxylic acids is 1. The maximum absolute atomic E-state index is 13.1. The number of nitrogens with one attached hydrogen (secondary N) is 1. The van der Waals surface area contributed by atoms with Crippen molar-refractivity contribution in [3.8, 4) is 5.69 Å². The molecule has 0 radical (unpaired) electrons. The number of rotatable bonds is 9. The van der Waals surface area contributed by atoms with Gasteiger partial charge in [-0.25, -0.2) is 9.36 Å². The lowest BCUT2D eigenvalue weighted by Crippen LogP contribution is -2.33. The summed E-state index contributed by atoms with van der Waals surface area (Å²) in [5.41, 5.74) is 3.97. The molecule has 0 bridgehead atoms. The minimum absolute atomic E-state index is 0.0315. The van der Waals surface area contributed by atoms with E-state index in [0.29, 0.717) is 31.4 Å². The molecule has 0 atom stereocenters. The summed E-state index contributed by atoms with van der Waals surface area (Å²) in [5, 5.41) is 13.0. The molecule has 1 aromatic carbocycles. The molecule has 1 amide bonds. The number of aryl methyl sites for hydroxylation is 4. The van der Waals surface area contributed by atoms with E-state index in [0.717, 1.165) is 35.4 Å². The molecule has 3 aromatic rings. The highest BCUT2D eigenvalue weighted by Gasteiger charge is 2.17. The number of piperidine rings is 1. The second-order valence-electron chi connectivity index (χ2n) is 9.38. The van der Waals surface area contributed by atoms with Crippen LogP contribution in [0.4, 0.5) is 0 Å². The van der Waals surface area contributed by atoms with E-state index in [1.807, 2.05) is 49.7 Å². The smallest absolute Gasteiger partial charge is 0.295 e. The summed E-state index contributed by atoms with van der Waals surface area (Å²) in [7, 11) is 0. The van der Waals surface area contributed by atoms with Gasteiger partial charge in [0.1, 0.15) is 0 Å². The maximum Gasteiger partial charge on any atom is 0.295 e. The number of benzene rings is 1. The second kappa shape index (κ2) is 11.0. The number of aromatic nitrogens is 4. The number of amides is 1. The van der Waals surface area contributed by atoms with E-state index in [2.05, 4.69) is 20.4 Å². The van der Waals surface area contributed by atoms with Crippen molar-refractivity contribution in [3.63, 3.8) is 0 Å². The zero-order valence-corrected chi connectivity index (χ0v) is 20.6. The fourth-order valence-corrected chi connectivity index (χ4v) is 4.76. The molecular weight excluding hydrogens is 428 g/mol. The molecule has 34 heavy (non-hydrogen) atoms. The zero-order chi connectivity index (χ0) is 24.1. The van der Waals surface area contributed by atoms with Crippen molar-refractivity contribution in [3.05, 3.63) is 51.6 Å². The van der Waals surface area contributed by atoms with E-state index < -0.39 is 0 Å². The summed E-state index contributed by atoms with van der Waals surface area (Å²) in [6.45, 7) is 10.4.